The zero-order chi connectivity index (χ0) is 18.9. The Morgan fingerprint density at radius 1 is 1.38 bits per heavy atom. The van der Waals surface area contributed by atoms with E-state index in [2.05, 4.69) is 18.8 Å². The summed E-state index contributed by atoms with van der Waals surface area (Å²) in [5.74, 6) is 1.24. The van der Waals surface area contributed by atoms with Crippen LogP contribution >= 0.6 is 0 Å². The molecule has 0 saturated heterocycles. The molecule has 0 radical (unpaired) electrons. The fourth-order valence-corrected chi connectivity index (χ4v) is 3.13. The van der Waals surface area contributed by atoms with E-state index in [0.29, 0.717) is 29.6 Å². The number of methoxy groups -OCH3 is 1. The van der Waals surface area contributed by atoms with Crippen LogP contribution < -0.4 is 14.8 Å². The van der Waals surface area contributed by atoms with Crippen molar-refractivity contribution in [3.63, 3.8) is 0 Å². The molecular weight excluding hydrogens is 328 g/mol. The predicted molar refractivity (Wildman–Crippen MR) is 102 cm³/mol. The van der Waals surface area contributed by atoms with E-state index in [9.17, 15) is 10.1 Å². The molecule has 0 spiro atoms. The summed E-state index contributed by atoms with van der Waals surface area (Å²) >= 11 is 0. The molecule has 1 aliphatic rings. The Balaban J connectivity index is 2.15. The van der Waals surface area contributed by atoms with Crippen molar-refractivity contribution in [3.05, 3.63) is 42.0 Å². The topological polar surface area (TPSA) is 71.3 Å². The van der Waals surface area contributed by atoms with Gasteiger partial charge in [0.15, 0.2) is 11.5 Å². The van der Waals surface area contributed by atoms with E-state index in [0.717, 1.165) is 19.3 Å². The fourth-order valence-electron chi connectivity index (χ4n) is 3.13. The number of nitrogens with zero attached hydrogens (tertiary/aromatic N) is 1. The first kappa shape index (κ1) is 19.6. The average Bonchev–Trinajstić information content (AvgIpc) is 2.66. The second-order valence-corrected chi connectivity index (χ2v) is 6.52. The molecule has 138 valence electrons. The first-order chi connectivity index (χ1) is 12.6. The summed E-state index contributed by atoms with van der Waals surface area (Å²) in [6.07, 6.45) is 7.62. The number of amides is 1. The lowest BCUT2D eigenvalue weighted by atomic mass is 9.86. The Labute approximate surface area is 155 Å². The van der Waals surface area contributed by atoms with E-state index in [4.69, 9.17) is 9.47 Å². The van der Waals surface area contributed by atoms with E-state index < -0.39 is 0 Å². The highest BCUT2D eigenvalue weighted by atomic mass is 16.5. The van der Waals surface area contributed by atoms with Crippen LogP contribution in [0.25, 0.3) is 6.08 Å². The minimum Gasteiger partial charge on any atom is -0.493 e. The van der Waals surface area contributed by atoms with Crippen molar-refractivity contribution < 1.29 is 14.3 Å². The highest BCUT2D eigenvalue weighted by Crippen LogP contribution is 2.29. The van der Waals surface area contributed by atoms with Crippen LogP contribution in [0, 0.1) is 17.2 Å². The molecule has 0 bridgehead atoms. The third-order valence-electron chi connectivity index (χ3n) is 4.65. The maximum absolute atomic E-state index is 12.5. The van der Waals surface area contributed by atoms with Crippen molar-refractivity contribution in [1.82, 2.24) is 5.32 Å². The molecule has 1 saturated carbocycles. The molecule has 5 nitrogen and oxygen atoms in total. The van der Waals surface area contributed by atoms with E-state index in [1.807, 2.05) is 6.07 Å². The molecule has 1 aliphatic carbocycles. The zero-order valence-corrected chi connectivity index (χ0v) is 15.5. The van der Waals surface area contributed by atoms with Gasteiger partial charge in [-0.3, -0.25) is 4.79 Å². The third-order valence-corrected chi connectivity index (χ3v) is 4.65. The van der Waals surface area contributed by atoms with Crippen LogP contribution in [0.3, 0.4) is 0 Å². The van der Waals surface area contributed by atoms with Gasteiger partial charge in [-0.2, -0.15) is 5.26 Å². The predicted octanol–water partition coefficient (Wildman–Crippen LogP) is 3.86. The average molecular weight is 354 g/mol. The minimum atomic E-state index is -0.322. The molecule has 0 unspecified atom stereocenters. The van der Waals surface area contributed by atoms with Crippen LogP contribution in [-0.2, 0) is 4.79 Å². The normalized spacial score (nSPS) is 20.0. The molecule has 1 amide bonds. The smallest absolute Gasteiger partial charge is 0.262 e. The molecule has 5 heteroatoms. The van der Waals surface area contributed by atoms with E-state index in [1.54, 1.807) is 37.5 Å². The Morgan fingerprint density at radius 2 is 2.15 bits per heavy atom. The van der Waals surface area contributed by atoms with Gasteiger partial charge in [-0.05, 0) is 42.5 Å². The van der Waals surface area contributed by atoms with E-state index >= 15 is 0 Å². The first-order valence-corrected chi connectivity index (χ1v) is 8.93. The lowest BCUT2D eigenvalue weighted by Crippen LogP contribution is -2.41. The van der Waals surface area contributed by atoms with Crippen molar-refractivity contribution >= 4 is 12.0 Å². The molecular formula is C21H26N2O3. The fraction of sp³-hybridized carbons (Fsp3) is 0.429. The number of nitriles is 1. The third kappa shape index (κ3) is 5.13. The number of hydrogen-bond donors (Lipinski definition) is 1. The molecule has 2 atom stereocenters. The Morgan fingerprint density at radius 3 is 2.81 bits per heavy atom. The van der Waals surface area contributed by atoms with Gasteiger partial charge in [-0.25, -0.2) is 0 Å². The summed E-state index contributed by atoms with van der Waals surface area (Å²) in [5.41, 5.74) is 0.792. The van der Waals surface area contributed by atoms with Crippen LogP contribution in [0.4, 0.5) is 0 Å². The van der Waals surface area contributed by atoms with Crippen molar-refractivity contribution in [2.24, 2.45) is 5.92 Å². The summed E-state index contributed by atoms with van der Waals surface area (Å²) in [6.45, 7) is 6.13. The van der Waals surface area contributed by atoms with Crippen molar-refractivity contribution in [2.75, 3.05) is 13.7 Å². The second-order valence-electron chi connectivity index (χ2n) is 6.52. The highest BCUT2D eigenvalue weighted by Gasteiger charge is 2.24. The van der Waals surface area contributed by atoms with E-state index in [-0.39, 0.29) is 17.5 Å². The van der Waals surface area contributed by atoms with Crippen molar-refractivity contribution in [1.29, 1.82) is 5.26 Å². The Hall–Kier alpha value is -2.74. The van der Waals surface area contributed by atoms with Gasteiger partial charge in [0.05, 0.1) is 7.11 Å². The van der Waals surface area contributed by atoms with Crippen LogP contribution in [0.1, 0.15) is 38.2 Å². The summed E-state index contributed by atoms with van der Waals surface area (Å²) in [4.78, 5) is 12.5. The largest absolute Gasteiger partial charge is 0.493 e. The zero-order valence-electron chi connectivity index (χ0n) is 15.5. The van der Waals surface area contributed by atoms with Gasteiger partial charge < -0.3 is 14.8 Å². The summed E-state index contributed by atoms with van der Waals surface area (Å²) in [5, 5.41) is 12.4. The van der Waals surface area contributed by atoms with Crippen LogP contribution in [0.2, 0.25) is 0 Å². The van der Waals surface area contributed by atoms with Crippen LogP contribution in [-0.4, -0.2) is 25.7 Å². The van der Waals surface area contributed by atoms with Crippen LogP contribution in [0.5, 0.6) is 11.5 Å². The minimum absolute atomic E-state index is 0.0876. The van der Waals surface area contributed by atoms with Gasteiger partial charge in [-0.1, -0.05) is 38.5 Å². The second kappa shape index (κ2) is 9.67. The van der Waals surface area contributed by atoms with Gasteiger partial charge in [0, 0.05) is 6.04 Å². The standard InChI is InChI=1S/C21H26N2O3/c1-4-11-26-19-10-9-16(13-20(19)25-3)12-17(14-22)21(24)23-18-8-6-5-7-15(18)2/h4,9-10,12-13,15,18H,1,5-8,11H2,2-3H3,(H,23,24)/b17-12+/t15-,18+/m1/s1. The SMILES string of the molecule is C=CCOc1ccc(/C=C(\C#N)C(=O)N[C@H]2CCCC[C@H]2C)cc1OC. The number of ether oxygens (including phenoxy) is 2. The number of rotatable bonds is 7. The monoisotopic (exact) mass is 354 g/mol. The molecule has 26 heavy (non-hydrogen) atoms. The van der Waals surface area contributed by atoms with Crippen molar-refractivity contribution in [3.8, 4) is 17.6 Å². The van der Waals surface area contributed by atoms with Gasteiger partial charge in [0.25, 0.3) is 5.91 Å². The lowest BCUT2D eigenvalue weighted by molar-refractivity contribution is -0.118. The number of carbonyl (C=O) groups is 1. The lowest BCUT2D eigenvalue weighted by Gasteiger charge is -2.29. The van der Waals surface area contributed by atoms with Gasteiger partial charge >= 0.3 is 0 Å². The number of nitrogens with one attached hydrogen (secondary N) is 1. The first-order valence-electron chi connectivity index (χ1n) is 8.93. The Bertz CT molecular complexity index is 718. The van der Waals surface area contributed by atoms with Gasteiger partial charge in [0.2, 0.25) is 0 Å². The summed E-state index contributed by atoms with van der Waals surface area (Å²) in [6, 6.07) is 7.42. The molecule has 0 heterocycles. The number of benzene rings is 1. The number of hydrogen-bond acceptors (Lipinski definition) is 4. The van der Waals surface area contributed by atoms with Gasteiger partial charge in [-0.15, -0.1) is 0 Å². The molecule has 1 fully saturated rings. The molecule has 2 rings (SSSR count). The Kier molecular flexibility index (Phi) is 7.28. The number of carbonyl (C=O) groups excluding carboxylic acids is 1. The van der Waals surface area contributed by atoms with Crippen molar-refractivity contribution in [2.45, 2.75) is 38.6 Å². The molecule has 1 N–H and O–H groups in total. The quantitative estimate of drug-likeness (QED) is 0.458. The summed E-state index contributed by atoms with van der Waals surface area (Å²) < 4.78 is 10.8. The molecule has 1 aromatic rings. The van der Waals surface area contributed by atoms with E-state index in [1.165, 1.54) is 6.42 Å². The maximum Gasteiger partial charge on any atom is 0.262 e. The van der Waals surface area contributed by atoms with Crippen LogP contribution in [0.15, 0.2) is 36.4 Å². The van der Waals surface area contributed by atoms with Gasteiger partial charge in [0.1, 0.15) is 18.2 Å². The maximum atomic E-state index is 12.5. The highest BCUT2D eigenvalue weighted by molar-refractivity contribution is 6.01. The molecule has 0 aromatic heterocycles. The summed E-state index contributed by atoms with van der Waals surface area (Å²) in [7, 11) is 1.55. The molecule has 1 aromatic carbocycles. The molecule has 0 aliphatic heterocycles.